The second-order valence-electron chi connectivity index (χ2n) is 4.68. The Balaban J connectivity index is 2.23. The molecule has 1 amide bonds. The lowest BCUT2D eigenvalue weighted by Gasteiger charge is -2.28. The third-order valence-corrected chi connectivity index (χ3v) is 3.44. The Hall–Kier alpha value is -2.16. The van der Waals surface area contributed by atoms with Gasteiger partial charge in [-0.2, -0.15) is 0 Å². The van der Waals surface area contributed by atoms with Crippen LogP contribution in [0, 0.1) is 5.82 Å². The van der Waals surface area contributed by atoms with E-state index in [1.54, 1.807) is 17.0 Å². The fourth-order valence-corrected chi connectivity index (χ4v) is 2.26. The minimum atomic E-state index is -0.265. The highest BCUT2D eigenvalue weighted by atomic mass is 19.1. The van der Waals surface area contributed by atoms with Crippen molar-refractivity contribution in [3.63, 3.8) is 0 Å². The molecule has 2 rings (SSSR count). The largest absolute Gasteiger partial charge is 0.332 e. The molecule has 0 aliphatic carbocycles. The van der Waals surface area contributed by atoms with Gasteiger partial charge in [-0.05, 0) is 43.7 Å². The number of carbonyl (C=O) groups is 1. The molecule has 0 aliphatic heterocycles. The molecule has 0 saturated carbocycles. The minimum Gasteiger partial charge on any atom is -0.332 e. The molecule has 0 bridgehead atoms. The second-order valence-corrected chi connectivity index (χ2v) is 4.68. The van der Waals surface area contributed by atoms with E-state index in [1.165, 1.54) is 12.1 Å². The average Bonchev–Trinajstić information content (AvgIpc) is 2.49. The van der Waals surface area contributed by atoms with Gasteiger partial charge in [0.2, 0.25) is 0 Å². The van der Waals surface area contributed by atoms with Crippen LogP contribution in [0.25, 0.3) is 0 Å². The third kappa shape index (κ3) is 3.05. The zero-order chi connectivity index (χ0) is 14.5. The Labute approximate surface area is 118 Å². The summed E-state index contributed by atoms with van der Waals surface area (Å²) in [6.45, 7) is 4.50. The van der Waals surface area contributed by atoms with E-state index in [-0.39, 0.29) is 17.8 Å². The van der Waals surface area contributed by atoms with E-state index < -0.39 is 0 Å². The Bertz CT molecular complexity index is 565. The number of hydrogen-bond acceptors (Lipinski definition) is 1. The van der Waals surface area contributed by atoms with Gasteiger partial charge in [0.1, 0.15) is 5.82 Å². The van der Waals surface area contributed by atoms with E-state index in [9.17, 15) is 9.18 Å². The molecule has 0 aromatic heterocycles. The van der Waals surface area contributed by atoms with Gasteiger partial charge in [-0.15, -0.1) is 0 Å². The first-order valence-corrected chi connectivity index (χ1v) is 6.75. The minimum absolute atomic E-state index is 0.00933. The lowest BCUT2D eigenvalue weighted by molar-refractivity contribution is 0.0702. The van der Waals surface area contributed by atoms with Gasteiger partial charge in [-0.25, -0.2) is 4.39 Å². The molecular formula is C17H18FNO. The lowest BCUT2D eigenvalue weighted by atomic mass is 10.1. The van der Waals surface area contributed by atoms with E-state index in [4.69, 9.17) is 0 Å². The van der Waals surface area contributed by atoms with Crippen LogP contribution in [0.15, 0.2) is 54.6 Å². The van der Waals surface area contributed by atoms with Crippen LogP contribution in [0.2, 0.25) is 0 Å². The molecule has 0 radical (unpaired) electrons. The molecule has 0 heterocycles. The fourth-order valence-electron chi connectivity index (χ4n) is 2.26. The van der Waals surface area contributed by atoms with Crippen molar-refractivity contribution in [2.75, 3.05) is 6.54 Å². The SMILES string of the molecule is CCN(C(=O)c1ccccc1)C(C)c1ccc(F)cc1. The topological polar surface area (TPSA) is 20.3 Å². The van der Waals surface area contributed by atoms with E-state index >= 15 is 0 Å². The number of nitrogens with zero attached hydrogens (tertiary/aromatic N) is 1. The van der Waals surface area contributed by atoms with Gasteiger partial charge in [0.05, 0.1) is 6.04 Å². The van der Waals surface area contributed by atoms with Crippen molar-refractivity contribution in [3.05, 3.63) is 71.5 Å². The Morgan fingerprint density at radius 2 is 1.70 bits per heavy atom. The quantitative estimate of drug-likeness (QED) is 0.821. The molecule has 20 heavy (non-hydrogen) atoms. The first-order valence-electron chi connectivity index (χ1n) is 6.75. The van der Waals surface area contributed by atoms with Crippen LogP contribution in [0.3, 0.4) is 0 Å². The zero-order valence-corrected chi connectivity index (χ0v) is 11.7. The van der Waals surface area contributed by atoms with Gasteiger partial charge < -0.3 is 4.90 Å². The van der Waals surface area contributed by atoms with Crippen molar-refractivity contribution < 1.29 is 9.18 Å². The van der Waals surface area contributed by atoms with Crippen LogP contribution >= 0.6 is 0 Å². The summed E-state index contributed by atoms with van der Waals surface area (Å²) in [5.74, 6) is -0.275. The summed E-state index contributed by atoms with van der Waals surface area (Å²) in [4.78, 5) is 14.3. The zero-order valence-electron chi connectivity index (χ0n) is 11.7. The second kappa shape index (κ2) is 6.33. The molecule has 0 N–H and O–H groups in total. The highest BCUT2D eigenvalue weighted by Crippen LogP contribution is 2.22. The molecule has 3 heteroatoms. The molecule has 1 atom stereocenters. The molecule has 0 spiro atoms. The van der Waals surface area contributed by atoms with Crippen molar-refractivity contribution in [1.82, 2.24) is 4.90 Å². The third-order valence-electron chi connectivity index (χ3n) is 3.44. The maximum absolute atomic E-state index is 13.0. The summed E-state index contributed by atoms with van der Waals surface area (Å²) < 4.78 is 13.0. The van der Waals surface area contributed by atoms with Crippen LogP contribution in [-0.2, 0) is 0 Å². The molecule has 0 aliphatic rings. The van der Waals surface area contributed by atoms with E-state index in [2.05, 4.69) is 0 Å². The van der Waals surface area contributed by atoms with E-state index in [0.717, 1.165) is 5.56 Å². The van der Waals surface area contributed by atoms with Crippen LogP contribution in [0.4, 0.5) is 4.39 Å². The number of carbonyl (C=O) groups excluding carboxylic acids is 1. The fraction of sp³-hybridized carbons (Fsp3) is 0.235. The van der Waals surface area contributed by atoms with Gasteiger partial charge in [0.15, 0.2) is 0 Å². The van der Waals surface area contributed by atoms with Crippen LogP contribution in [0.5, 0.6) is 0 Å². The van der Waals surface area contributed by atoms with Crippen molar-refractivity contribution in [2.45, 2.75) is 19.9 Å². The van der Waals surface area contributed by atoms with Crippen LogP contribution in [-0.4, -0.2) is 17.4 Å². The summed E-state index contributed by atoms with van der Waals surface area (Å²) in [5, 5.41) is 0. The van der Waals surface area contributed by atoms with E-state index in [0.29, 0.717) is 12.1 Å². The Morgan fingerprint density at radius 3 is 2.25 bits per heavy atom. The van der Waals surface area contributed by atoms with Crippen molar-refractivity contribution in [3.8, 4) is 0 Å². The number of halogens is 1. The van der Waals surface area contributed by atoms with Crippen LogP contribution < -0.4 is 0 Å². The first-order chi connectivity index (χ1) is 9.63. The summed E-state index contributed by atoms with van der Waals surface area (Å²) in [5.41, 5.74) is 1.60. The van der Waals surface area contributed by atoms with Crippen molar-refractivity contribution >= 4 is 5.91 Å². The predicted octanol–water partition coefficient (Wildman–Crippen LogP) is 4.05. The van der Waals surface area contributed by atoms with Gasteiger partial charge in [-0.1, -0.05) is 30.3 Å². The molecule has 0 fully saturated rings. The smallest absolute Gasteiger partial charge is 0.254 e. The molecule has 104 valence electrons. The van der Waals surface area contributed by atoms with Gasteiger partial charge in [0.25, 0.3) is 5.91 Å². The van der Waals surface area contributed by atoms with Crippen molar-refractivity contribution in [2.24, 2.45) is 0 Å². The summed E-state index contributed by atoms with van der Waals surface area (Å²) >= 11 is 0. The number of rotatable bonds is 4. The number of amides is 1. The van der Waals surface area contributed by atoms with Crippen molar-refractivity contribution in [1.29, 1.82) is 0 Å². The number of hydrogen-bond donors (Lipinski definition) is 0. The Morgan fingerprint density at radius 1 is 1.10 bits per heavy atom. The standard InChI is InChI=1S/C17H18FNO/c1-3-19(17(20)15-7-5-4-6-8-15)13(2)14-9-11-16(18)12-10-14/h4-13H,3H2,1-2H3. The highest BCUT2D eigenvalue weighted by molar-refractivity contribution is 5.94. The molecule has 2 aromatic carbocycles. The van der Waals surface area contributed by atoms with E-state index in [1.807, 2.05) is 44.2 Å². The Kier molecular flexibility index (Phi) is 4.51. The monoisotopic (exact) mass is 271 g/mol. The first kappa shape index (κ1) is 14.3. The molecule has 0 saturated heterocycles. The molecular weight excluding hydrogens is 253 g/mol. The van der Waals surface area contributed by atoms with Gasteiger partial charge >= 0.3 is 0 Å². The lowest BCUT2D eigenvalue weighted by Crippen LogP contribution is -2.33. The van der Waals surface area contributed by atoms with Gasteiger partial charge in [0, 0.05) is 12.1 Å². The predicted molar refractivity (Wildman–Crippen MR) is 78.0 cm³/mol. The average molecular weight is 271 g/mol. The summed E-state index contributed by atoms with van der Waals surface area (Å²) in [6.07, 6.45) is 0. The molecule has 1 unspecified atom stereocenters. The normalized spacial score (nSPS) is 11.9. The molecule has 2 nitrogen and oxygen atoms in total. The molecule has 2 aromatic rings. The summed E-state index contributed by atoms with van der Waals surface area (Å²) in [6, 6.07) is 15.4. The highest BCUT2D eigenvalue weighted by Gasteiger charge is 2.20. The van der Waals surface area contributed by atoms with Gasteiger partial charge in [-0.3, -0.25) is 4.79 Å². The summed E-state index contributed by atoms with van der Waals surface area (Å²) in [7, 11) is 0. The van der Waals surface area contributed by atoms with Crippen LogP contribution in [0.1, 0.15) is 35.8 Å². The maximum atomic E-state index is 13.0. The number of benzene rings is 2. The maximum Gasteiger partial charge on any atom is 0.254 e.